The van der Waals surface area contributed by atoms with E-state index in [1.807, 2.05) is 0 Å². The molecule has 1 amide bonds. The molecule has 2 rings (SSSR count). The standard InChI is InChI=1S/C12H20N2O3/c1-17-11(15)6-8-7-13-9-4-2-3-5-10(9)14-12(8)16/h8-10,13H,2-7H2,1H3,(H,14,16). The van der Waals surface area contributed by atoms with Crippen molar-refractivity contribution in [1.29, 1.82) is 0 Å². The molecule has 2 aliphatic rings. The summed E-state index contributed by atoms with van der Waals surface area (Å²) in [7, 11) is 1.35. The molecule has 0 spiro atoms. The summed E-state index contributed by atoms with van der Waals surface area (Å²) in [5.41, 5.74) is 0. The van der Waals surface area contributed by atoms with Crippen molar-refractivity contribution in [3.63, 3.8) is 0 Å². The average Bonchev–Trinajstić information content (AvgIpc) is 2.49. The van der Waals surface area contributed by atoms with E-state index in [1.54, 1.807) is 0 Å². The van der Waals surface area contributed by atoms with E-state index in [-0.39, 0.29) is 30.3 Å². The van der Waals surface area contributed by atoms with Crippen LogP contribution in [0.3, 0.4) is 0 Å². The van der Waals surface area contributed by atoms with Crippen molar-refractivity contribution < 1.29 is 14.3 Å². The molecule has 0 aromatic rings. The van der Waals surface area contributed by atoms with Gasteiger partial charge in [-0.15, -0.1) is 0 Å². The first kappa shape index (κ1) is 12.4. The zero-order valence-corrected chi connectivity index (χ0v) is 10.2. The maximum atomic E-state index is 12.0. The lowest BCUT2D eigenvalue weighted by atomic mass is 9.91. The number of methoxy groups -OCH3 is 1. The van der Waals surface area contributed by atoms with Crippen LogP contribution in [0.25, 0.3) is 0 Å². The molecule has 5 nitrogen and oxygen atoms in total. The molecule has 1 heterocycles. The Bertz CT molecular complexity index is 306. The van der Waals surface area contributed by atoms with Gasteiger partial charge in [0.1, 0.15) is 0 Å². The highest BCUT2D eigenvalue weighted by Crippen LogP contribution is 2.21. The fourth-order valence-corrected chi connectivity index (χ4v) is 2.68. The van der Waals surface area contributed by atoms with E-state index in [4.69, 9.17) is 0 Å². The third-order valence-corrected chi connectivity index (χ3v) is 3.73. The summed E-state index contributed by atoms with van der Waals surface area (Å²) >= 11 is 0. The van der Waals surface area contributed by atoms with Crippen molar-refractivity contribution in [3.8, 4) is 0 Å². The summed E-state index contributed by atoms with van der Waals surface area (Å²) in [6.07, 6.45) is 4.69. The lowest BCUT2D eigenvalue weighted by Crippen LogP contribution is -2.48. The van der Waals surface area contributed by atoms with Gasteiger partial charge < -0.3 is 15.4 Å². The lowest BCUT2D eigenvalue weighted by molar-refractivity contribution is -0.144. The summed E-state index contributed by atoms with van der Waals surface area (Å²) < 4.78 is 4.61. The Morgan fingerprint density at radius 3 is 2.76 bits per heavy atom. The van der Waals surface area contributed by atoms with E-state index in [1.165, 1.54) is 20.0 Å². The number of rotatable bonds is 2. The van der Waals surface area contributed by atoms with Gasteiger partial charge in [0.05, 0.1) is 19.4 Å². The largest absolute Gasteiger partial charge is 0.469 e. The molecular weight excluding hydrogens is 220 g/mol. The molecule has 3 atom stereocenters. The van der Waals surface area contributed by atoms with Crippen LogP contribution in [-0.4, -0.2) is 37.6 Å². The monoisotopic (exact) mass is 240 g/mol. The van der Waals surface area contributed by atoms with Crippen LogP contribution in [0.1, 0.15) is 32.1 Å². The Balaban J connectivity index is 1.97. The van der Waals surface area contributed by atoms with Gasteiger partial charge in [-0.1, -0.05) is 12.8 Å². The molecule has 96 valence electrons. The number of esters is 1. The minimum atomic E-state index is -0.322. The van der Waals surface area contributed by atoms with Gasteiger partial charge in [0.25, 0.3) is 0 Å². The molecule has 2 fully saturated rings. The zero-order valence-electron chi connectivity index (χ0n) is 10.2. The smallest absolute Gasteiger partial charge is 0.306 e. The number of carbonyl (C=O) groups is 2. The number of amides is 1. The van der Waals surface area contributed by atoms with Gasteiger partial charge in [0, 0.05) is 18.6 Å². The summed E-state index contributed by atoms with van der Waals surface area (Å²) in [6.45, 7) is 0.572. The van der Waals surface area contributed by atoms with Crippen molar-refractivity contribution in [1.82, 2.24) is 10.6 Å². The van der Waals surface area contributed by atoms with Crippen LogP contribution in [0.5, 0.6) is 0 Å². The maximum absolute atomic E-state index is 12.0. The van der Waals surface area contributed by atoms with E-state index in [0.29, 0.717) is 12.6 Å². The fraction of sp³-hybridized carbons (Fsp3) is 0.833. The van der Waals surface area contributed by atoms with E-state index in [2.05, 4.69) is 15.4 Å². The van der Waals surface area contributed by atoms with Crippen molar-refractivity contribution in [2.24, 2.45) is 5.92 Å². The van der Waals surface area contributed by atoms with Crippen LogP contribution in [-0.2, 0) is 14.3 Å². The van der Waals surface area contributed by atoms with Gasteiger partial charge in [-0.3, -0.25) is 9.59 Å². The topological polar surface area (TPSA) is 67.4 Å². The van der Waals surface area contributed by atoms with E-state index in [0.717, 1.165) is 12.8 Å². The summed E-state index contributed by atoms with van der Waals surface area (Å²) in [5.74, 6) is -0.637. The predicted molar refractivity (Wildman–Crippen MR) is 62.3 cm³/mol. The number of nitrogens with one attached hydrogen (secondary N) is 2. The first-order valence-corrected chi connectivity index (χ1v) is 6.31. The van der Waals surface area contributed by atoms with Gasteiger partial charge in [-0.25, -0.2) is 0 Å². The molecule has 2 N–H and O–H groups in total. The SMILES string of the molecule is COC(=O)CC1CNC2CCCCC2NC1=O. The summed E-state index contributed by atoms with van der Waals surface area (Å²) in [4.78, 5) is 23.2. The number of fused-ring (bicyclic) bond motifs is 1. The maximum Gasteiger partial charge on any atom is 0.306 e. The van der Waals surface area contributed by atoms with Crippen LogP contribution in [0.15, 0.2) is 0 Å². The Kier molecular flexibility index (Phi) is 3.99. The number of hydrogen-bond acceptors (Lipinski definition) is 4. The van der Waals surface area contributed by atoms with Gasteiger partial charge in [-0.2, -0.15) is 0 Å². The van der Waals surface area contributed by atoms with Crippen LogP contribution < -0.4 is 10.6 Å². The third-order valence-electron chi connectivity index (χ3n) is 3.73. The Labute approximate surface area is 101 Å². The van der Waals surface area contributed by atoms with Crippen molar-refractivity contribution in [2.75, 3.05) is 13.7 Å². The molecule has 0 bridgehead atoms. The van der Waals surface area contributed by atoms with Crippen LogP contribution in [0.4, 0.5) is 0 Å². The Morgan fingerprint density at radius 1 is 1.35 bits per heavy atom. The number of ether oxygens (including phenoxy) is 1. The van der Waals surface area contributed by atoms with Crippen molar-refractivity contribution in [3.05, 3.63) is 0 Å². The fourth-order valence-electron chi connectivity index (χ4n) is 2.68. The normalized spacial score (nSPS) is 33.2. The lowest BCUT2D eigenvalue weighted by Gasteiger charge is -2.30. The van der Waals surface area contributed by atoms with Crippen molar-refractivity contribution >= 4 is 11.9 Å². The first-order valence-electron chi connectivity index (χ1n) is 6.31. The van der Waals surface area contributed by atoms with E-state index >= 15 is 0 Å². The third kappa shape index (κ3) is 2.97. The molecule has 3 unspecified atom stereocenters. The van der Waals surface area contributed by atoms with Crippen LogP contribution in [0, 0.1) is 5.92 Å². The number of carbonyl (C=O) groups excluding carboxylic acids is 2. The van der Waals surface area contributed by atoms with Gasteiger partial charge in [0.15, 0.2) is 0 Å². The second-order valence-corrected chi connectivity index (χ2v) is 4.89. The van der Waals surface area contributed by atoms with E-state index < -0.39 is 0 Å². The summed E-state index contributed by atoms with van der Waals surface area (Å²) in [6, 6.07) is 0.606. The molecule has 1 saturated heterocycles. The zero-order chi connectivity index (χ0) is 12.3. The minimum absolute atomic E-state index is 0.0164. The highest BCUT2D eigenvalue weighted by Gasteiger charge is 2.33. The molecule has 0 aromatic heterocycles. The number of hydrogen-bond donors (Lipinski definition) is 2. The Hall–Kier alpha value is -1.10. The molecular formula is C12H20N2O3. The van der Waals surface area contributed by atoms with Crippen LogP contribution >= 0.6 is 0 Å². The Morgan fingerprint density at radius 2 is 2.06 bits per heavy atom. The summed E-state index contributed by atoms with van der Waals surface area (Å²) in [5, 5.41) is 6.45. The van der Waals surface area contributed by atoms with Crippen molar-refractivity contribution in [2.45, 2.75) is 44.2 Å². The second kappa shape index (κ2) is 5.49. The molecule has 0 radical (unpaired) electrons. The van der Waals surface area contributed by atoms with Gasteiger partial charge >= 0.3 is 5.97 Å². The molecule has 1 saturated carbocycles. The van der Waals surface area contributed by atoms with Gasteiger partial charge in [-0.05, 0) is 12.8 Å². The molecule has 0 aromatic carbocycles. The van der Waals surface area contributed by atoms with Crippen LogP contribution in [0.2, 0.25) is 0 Å². The quantitative estimate of drug-likeness (QED) is 0.676. The average molecular weight is 240 g/mol. The molecule has 1 aliphatic heterocycles. The second-order valence-electron chi connectivity index (χ2n) is 4.89. The minimum Gasteiger partial charge on any atom is -0.469 e. The van der Waals surface area contributed by atoms with E-state index in [9.17, 15) is 9.59 Å². The molecule has 1 aliphatic carbocycles. The molecule has 17 heavy (non-hydrogen) atoms. The highest BCUT2D eigenvalue weighted by molar-refractivity contribution is 5.84. The predicted octanol–water partition coefficient (Wildman–Crippen LogP) is 0.196. The van der Waals surface area contributed by atoms with Gasteiger partial charge in [0.2, 0.25) is 5.91 Å². The first-order chi connectivity index (χ1) is 8.20. The highest BCUT2D eigenvalue weighted by atomic mass is 16.5. The molecule has 5 heteroatoms.